The third kappa shape index (κ3) is 5.65. The Labute approximate surface area is 200 Å². The minimum atomic E-state index is -0.651. The van der Waals surface area contributed by atoms with Gasteiger partial charge < -0.3 is 25.4 Å². The standard InChI is InChI=1S/C25H34N6O3/c32-21(15-30-11-8-18-6-2-3-7-19(18)14-30)13-26-24(33)22-12-23(27-20-16-34-17-20)29-25(28-22)31-9-4-1-5-10-31/h2-3,6-7,12,20-21,32H,1,4-5,8-11,13-17H2,(H,26,33)(H,27,28,29)/t21-/m0/s1. The molecule has 1 atom stereocenters. The van der Waals surface area contributed by atoms with Gasteiger partial charge in [-0.25, -0.2) is 4.98 Å². The molecule has 3 aliphatic heterocycles. The number of carbonyl (C=O) groups excluding carboxylic acids is 1. The van der Waals surface area contributed by atoms with E-state index >= 15 is 0 Å². The average molecular weight is 467 g/mol. The smallest absolute Gasteiger partial charge is 0.270 e. The van der Waals surface area contributed by atoms with Crippen LogP contribution in [-0.2, 0) is 17.7 Å². The lowest BCUT2D eigenvalue weighted by Gasteiger charge is -2.30. The van der Waals surface area contributed by atoms with E-state index in [2.05, 4.69) is 54.7 Å². The van der Waals surface area contributed by atoms with E-state index in [1.807, 2.05) is 0 Å². The number of anilines is 2. The SMILES string of the molecule is O=C(NC[C@H](O)CN1CCc2ccccc2C1)c1cc(NC2COC2)nc(N2CCCCC2)n1. The first kappa shape index (κ1) is 23.0. The van der Waals surface area contributed by atoms with Crippen molar-refractivity contribution in [1.29, 1.82) is 0 Å². The highest BCUT2D eigenvalue weighted by Gasteiger charge is 2.23. The number of amides is 1. The summed E-state index contributed by atoms with van der Waals surface area (Å²) in [5, 5.41) is 16.8. The van der Waals surface area contributed by atoms with Crippen molar-refractivity contribution in [3.63, 3.8) is 0 Å². The molecule has 2 saturated heterocycles. The molecule has 182 valence electrons. The zero-order valence-corrected chi connectivity index (χ0v) is 19.6. The van der Waals surface area contributed by atoms with Gasteiger partial charge in [0.2, 0.25) is 5.95 Å². The number of piperidine rings is 1. The van der Waals surface area contributed by atoms with Crippen LogP contribution in [-0.4, -0.2) is 84.0 Å². The van der Waals surface area contributed by atoms with Crippen LogP contribution >= 0.6 is 0 Å². The largest absolute Gasteiger partial charge is 0.390 e. The van der Waals surface area contributed by atoms with Gasteiger partial charge in [-0.3, -0.25) is 9.69 Å². The first-order chi connectivity index (χ1) is 16.6. The van der Waals surface area contributed by atoms with Crippen LogP contribution in [0.2, 0.25) is 0 Å². The molecule has 3 N–H and O–H groups in total. The average Bonchev–Trinajstić information content (AvgIpc) is 2.85. The Morgan fingerprint density at radius 1 is 1.12 bits per heavy atom. The Morgan fingerprint density at radius 3 is 2.68 bits per heavy atom. The molecule has 3 aliphatic rings. The number of nitrogens with one attached hydrogen (secondary N) is 2. The fraction of sp³-hybridized carbons (Fsp3) is 0.560. The van der Waals surface area contributed by atoms with Crippen LogP contribution in [0, 0.1) is 0 Å². The number of ether oxygens (including phenoxy) is 1. The first-order valence-corrected chi connectivity index (χ1v) is 12.4. The molecule has 9 nitrogen and oxygen atoms in total. The summed E-state index contributed by atoms with van der Waals surface area (Å²) >= 11 is 0. The zero-order valence-electron chi connectivity index (χ0n) is 19.6. The number of aromatic nitrogens is 2. The molecule has 2 fully saturated rings. The molecule has 0 saturated carbocycles. The van der Waals surface area contributed by atoms with Gasteiger partial charge in [0, 0.05) is 45.3 Å². The number of rotatable bonds is 8. The minimum Gasteiger partial charge on any atom is -0.390 e. The monoisotopic (exact) mass is 466 g/mol. The Hall–Kier alpha value is -2.75. The number of nitrogens with zero attached hydrogens (tertiary/aromatic N) is 4. The summed E-state index contributed by atoms with van der Waals surface area (Å²) in [6, 6.07) is 10.3. The number of aliphatic hydroxyl groups excluding tert-OH is 1. The second kappa shape index (κ2) is 10.7. The van der Waals surface area contributed by atoms with Gasteiger partial charge in [-0.05, 0) is 36.8 Å². The molecule has 1 amide bonds. The maximum atomic E-state index is 13.0. The van der Waals surface area contributed by atoms with Crippen LogP contribution < -0.4 is 15.5 Å². The van der Waals surface area contributed by atoms with Crippen molar-refractivity contribution >= 4 is 17.7 Å². The highest BCUT2D eigenvalue weighted by atomic mass is 16.5. The van der Waals surface area contributed by atoms with E-state index in [0.717, 1.165) is 45.4 Å². The van der Waals surface area contributed by atoms with Crippen LogP contribution in [0.15, 0.2) is 30.3 Å². The topological polar surface area (TPSA) is 103 Å². The lowest BCUT2D eigenvalue weighted by Crippen LogP contribution is -2.42. The van der Waals surface area contributed by atoms with Crippen molar-refractivity contribution in [2.24, 2.45) is 0 Å². The molecule has 9 heteroatoms. The summed E-state index contributed by atoms with van der Waals surface area (Å²) in [6.45, 7) is 5.50. The molecule has 0 unspecified atom stereocenters. The van der Waals surface area contributed by atoms with Crippen molar-refractivity contribution in [3.05, 3.63) is 47.2 Å². The second-order valence-electron chi connectivity index (χ2n) is 9.48. The van der Waals surface area contributed by atoms with Gasteiger partial charge in [0.15, 0.2) is 0 Å². The molecule has 1 aromatic heterocycles. The Bertz CT molecular complexity index is 992. The Morgan fingerprint density at radius 2 is 1.91 bits per heavy atom. The third-order valence-electron chi connectivity index (χ3n) is 6.75. The number of β-amino-alcohol motifs (C(OH)–C–C–N with tert-alkyl or cyclic N) is 1. The summed E-state index contributed by atoms with van der Waals surface area (Å²) in [5.41, 5.74) is 3.01. The summed E-state index contributed by atoms with van der Waals surface area (Å²) in [6.07, 6.45) is 3.75. The predicted octanol–water partition coefficient (Wildman–Crippen LogP) is 1.43. The van der Waals surface area contributed by atoms with Gasteiger partial charge in [0.1, 0.15) is 11.5 Å². The van der Waals surface area contributed by atoms with E-state index in [1.165, 1.54) is 17.5 Å². The lowest BCUT2D eigenvalue weighted by atomic mass is 10.00. The molecule has 0 aliphatic carbocycles. The number of benzene rings is 1. The molecular weight excluding hydrogens is 432 g/mol. The van der Waals surface area contributed by atoms with Gasteiger partial charge in [0.05, 0.1) is 25.4 Å². The normalized spacial score (nSPS) is 19.7. The van der Waals surface area contributed by atoms with Crippen molar-refractivity contribution < 1.29 is 14.6 Å². The van der Waals surface area contributed by atoms with Crippen molar-refractivity contribution in [2.45, 2.75) is 44.4 Å². The highest BCUT2D eigenvalue weighted by molar-refractivity contribution is 5.93. The number of aliphatic hydroxyl groups is 1. The number of carbonyl (C=O) groups is 1. The number of fused-ring (bicyclic) bond motifs is 1. The summed E-state index contributed by atoms with van der Waals surface area (Å²) in [7, 11) is 0. The number of hydrogen-bond acceptors (Lipinski definition) is 8. The van der Waals surface area contributed by atoms with Crippen LogP contribution in [0.1, 0.15) is 40.9 Å². The van der Waals surface area contributed by atoms with Crippen LogP contribution in [0.4, 0.5) is 11.8 Å². The molecule has 0 bridgehead atoms. The predicted molar refractivity (Wildman–Crippen MR) is 130 cm³/mol. The fourth-order valence-electron chi connectivity index (χ4n) is 4.76. The van der Waals surface area contributed by atoms with Gasteiger partial charge in [-0.1, -0.05) is 24.3 Å². The number of hydrogen-bond donors (Lipinski definition) is 3. The molecule has 2 aromatic rings. The van der Waals surface area contributed by atoms with Crippen molar-refractivity contribution in [2.75, 3.05) is 56.2 Å². The van der Waals surface area contributed by atoms with Gasteiger partial charge in [-0.2, -0.15) is 4.98 Å². The van der Waals surface area contributed by atoms with E-state index in [-0.39, 0.29) is 18.5 Å². The van der Waals surface area contributed by atoms with Crippen LogP contribution in [0.3, 0.4) is 0 Å². The summed E-state index contributed by atoms with van der Waals surface area (Å²) in [5.74, 6) is 0.931. The molecular formula is C25H34N6O3. The van der Waals surface area contributed by atoms with E-state index in [9.17, 15) is 9.90 Å². The van der Waals surface area contributed by atoms with E-state index in [1.54, 1.807) is 6.07 Å². The maximum Gasteiger partial charge on any atom is 0.270 e. The fourth-order valence-corrected chi connectivity index (χ4v) is 4.76. The Balaban J connectivity index is 1.19. The quantitative estimate of drug-likeness (QED) is 0.537. The second-order valence-corrected chi connectivity index (χ2v) is 9.48. The van der Waals surface area contributed by atoms with Crippen molar-refractivity contribution in [1.82, 2.24) is 20.2 Å². The lowest BCUT2D eigenvalue weighted by molar-refractivity contribution is 0.0209. The highest BCUT2D eigenvalue weighted by Crippen LogP contribution is 2.21. The third-order valence-corrected chi connectivity index (χ3v) is 6.75. The molecule has 0 spiro atoms. The van der Waals surface area contributed by atoms with Crippen LogP contribution in [0.5, 0.6) is 0 Å². The van der Waals surface area contributed by atoms with Crippen LogP contribution in [0.25, 0.3) is 0 Å². The molecule has 4 heterocycles. The van der Waals surface area contributed by atoms with Gasteiger partial charge in [-0.15, -0.1) is 0 Å². The molecule has 0 radical (unpaired) electrons. The molecule has 34 heavy (non-hydrogen) atoms. The summed E-state index contributed by atoms with van der Waals surface area (Å²) in [4.78, 5) is 26.6. The minimum absolute atomic E-state index is 0.180. The van der Waals surface area contributed by atoms with E-state index in [0.29, 0.717) is 37.2 Å². The zero-order chi connectivity index (χ0) is 23.3. The van der Waals surface area contributed by atoms with Crippen molar-refractivity contribution in [3.8, 4) is 0 Å². The van der Waals surface area contributed by atoms with E-state index < -0.39 is 6.10 Å². The van der Waals surface area contributed by atoms with E-state index in [4.69, 9.17) is 4.74 Å². The molecule has 5 rings (SSSR count). The summed E-state index contributed by atoms with van der Waals surface area (Å²) < 4.78 is 5.25. The van der Waals surface area contributed by atoms with Gasteiger partial charge >= 0.3 is 0 Å². The molecule has 1 aromatic carbocycles. The van der Waals surface area contributed by atoms with Gasteiger partial charge in [0.25, 0.3) is 5.91 Å². The Kier molecular flexibility index (Phi) is 7.22. The first-order valence-electron chi connectivity index (χ1n) is 12.4. The maximum absolute atomic E-state index is 13.0.